The Morgan fingerprint density at radius 1 is 1.18 bits per heavy atom. The lowest BCUT2D eigenvalue weighted by atomic mass is 9.81. The average Bonchev–Trinajstić information content (AvgIpc) is 3.21. The van der Waals surface area contributed by atoms with E-state index in [0.717, 1.165) is 18.5 Å². The molecule has 5 nitrogen and oxygen atoms in total. The maximum absolute atomic E-state index is 13.0. The average molecular weight is 317 g/mol. The zero-order valence-electron chi connectivity index (χ0n) is 12.6. The first-order chi connectivity index (χ1) is 10.5. The number of hydrogen-bond donors (Lipinski definition) is 0. The highest BCUT2D eigenvalue weighted by atomic mass is 32.2. The van der Waals surface area contributed by atoms with Crippen molar-refractivity contribution >= 4 is 15.7 Å². The fourth-order valence-electron chi connectivity index (χ4n) is 3.94. The van der Waals surface area contributed by atoms with Crippen molar-refractivity contribution in [1.82, 2.24) is 9.78 Å². The van der Waals surface area contributed by atoms with Crippen LogP contribution < -0.4 is 4.31 Å². The fourth-order valence-corrected chi connectivity index (χ4v) is 5.49. The minimum absolute atomic E-state index is 0.00583. The number of hydrogen-bond acceptors (Lipinski definition) is 3. The Balaban J connectivity index is 1.84. The molecule has 1 fully saturated rings. The normalized spacial score (nSPS) is 19.8. The van der Waals surface area contributed by atoms with Crippen LogP contribution >= 0.6 is 0 Å². The summed E-state index contributed by atoms with van der Waals surface area (Å²) in [6.45, 7) is 0.559. The van der Waals surface area contributed by atoms with Crippen LogP contribution in [0.15, 0.2) is 41.6 Å². The van der Waals surface area contributed by atoms with Crippen molar-refractivity contribution in [2.24, 2.45) is 7.05 Å². The first kappa shape index (κ1) is 13.8. The monoisotopic (exact) mass is 317 g/mol. The van der Waals surface area contributed by atoms with E-state index in [0.29, 0.717) is 6.54 Å². The molecule has 0 saturated heterocycles. The topological polar surface area (TPSA) is 55.2 Å². The van der Waals surface area contributed by atoms with E-state index in [2.05, 4.69) is 11.2 Å². The molecule has 1 aliphatic carbocycles. The second-order valence-electron chi connectivity index (χ2n) is 6.37. The van der Waals surface area contributed by atoms with Crippen LogP contribution in [0.3, 0.4) is 0 Å². The predicted octanol–water partition coefficient (Wildman–Crippen LogP) is 2.44. The first-order valence-electron chi connectivity index (χ1n) is 7.64. The molecule has 1 spiro atoms. The van der Waals surface area contributed by atoms with Crippen LogP contribution in [-0.4, -0.2) is 24.7 Å². The summed E-state index contributed by atoms with van der Waals surface area (Å²) < 4.78 is 29.2. The molecule has 116 valence electrons. The number of nitrogens with zero attached hydrogens (tertiary/aromatic N) is 3. The van der Waals surface area contributed by atoms with E-state index in [9.17, 15) is 8.42 Å². The third kappa shape index (κ3) is 1.83. The van der Waals surface area contributed by atoms with Crippen molar-refractivity contribution in [2.75, 3.05) is 10.8 Å². The Hall–Kier alpha value is -1.82. The molecule has 1 aromatic heterocycles. The highest BCUT2D eigenvalue weighted by molar-refractivity contribution is 7.92. The number of anilines is 1. The summed E-state index contributed by atoms with van der Waals surface area (Å²) in [6, 6.07) is 7.95. The molecule has 6 heteroatoms. The van der Waals surface area contributed by atoms with Gasteiger partial charge in [0, 0.05) is 25.2 Å². The summed E-state index contributed by atoms with van der Waals surface area (Å²) >= 11 is 0. The van der Waals surface area contributed by atoms with Crippen molar-refractivity contribution in [3.8, 4) is 0 Å². The second kappa shape index (κ2) is 4.59. The number of para-hydroxylation sites is 1. The second-order valence-corrected chi connectivity index (χ2v) is 8.23. The lowest BCUT2D eigenvalue weighted by Gasteiger charge is -2.25. The summed E-state index contributed by atoms with van der Waals surface area (Å²) in [6.07, 6.45) is 7.49. The van der Waals surface area contributed by atoms with E-state index < -0.39 is 10.0 Å². The highest BCUT2D eigenvalue weighted by Crippen LogP contribution is 2.51. The van der Waals surface area contributed by atoms with E-state index in [1.54, 1.807) is 17.5 Å². The minimum atomic E-state index is -3.54. The Morgan fingerprint density at radius 3 is 2.59 bits per heavy atom. The summed E-state index contributed by atoms with van der Waals surface area (Å²) in [5, 5.41) is 4.01. The number of aryl methyl sites for hydroxylation is 1. The van der Waals surface area contributed by atoms with Crippen LogP contribution in [0, 0.1) is 0 Å². The number of benzene rings is 1. The van der Waals surface area contributed by atoms with Crippen LogP contribution in [0.4, 0.5) is 5.69 Å². The standard InChI is InChI=1S/C16H19N3O2S/c1-18-11-13(10-17-18)22(20,21)19-12-16(8-4-5-9-16)14-6-2-3-7-15(14)19/h2-3,6-7,10-11H,4-5,8-9,12H2,1H3. The zero-order chi connectivity index (χ0) is 15.4. The molecule has 0 atom stereocenters. The lowest BCUT2D eigenvalue weighted by molar-refractivity contribution is 0.477. The van der Waals surface area contributed by atoms with Gasteiger partial charge in [0.15, 0.2) is 0 Å². The van der Waals surface area contributed by atoms with Gasteiger partial charge in [0.25, 0.3) is 10.0 Å². The van der Waals surface area contributed by atoms with E-state index in [-0.39, 0.29) is 10.3 Å². The number of rotatable bonds is 2. The van der Waals surface area contributed by atoms with Gasteiger partial charge in [-0.3, -0.25) is 8.99 Å². The molecule has 0 N–H and O–H groups in total. The van der Waals surface area contributed by atoms with Crippen molar-refractivity contribution in [2.45, 2.75) is 36.0 Å². The molecular weight excluding hydrogens is 298 g/mol. The molecule has 2 aromatic rings. The van der Waals surface area contributed by atoms with Gasteiger partial charge in [-0.15, -0.1) is 0 Å². The molecular formula is C16H19N3O2S. The van der Waals surface area contributed by atoms with Gasteiger partial charge >= 0.3 is 0 Å². The van der Waals surface area contributed by atoms with Crippen LogP contribution in [0.1, 0.15) is 31.2 Å². The van der Waals surface area contributed by atoms with Crippen LogP contribution in [0.5, 0.6) is 0 Å². The van der Waals surface area contributed by atoms with Crippen molar-refractivity contribution in [3.05, 3.63) is 42.2 Å². The van der Waals surface area contributed by atoms with Crippen LogP contribution in [-0.2, 0) is 22.5 Å². The summed E-state index contributed by atoms with van der Waals surface area (Å²) in [5.41, 5.74) is 2.04. The van der Waals surface area contributed by atoms with Gasteiger partial charge < -0.3 is 0 Å². The van der Waals surface area contributed by atoms with Gasteiger partial charge in [0.05, 0.1) is 11.9 Å². The fraction of sp³-hybridized carbons (Fsp3) is 0.438. The maximum atomic E-state index is 13.0. The molecule has 22 heavy (non-hydrogen) atoms. The predicted molar refractivity (Wildman–Crippen MR) is 84.3 cm³/mol. The summed E-state index contributed by atoms with van der Waals surface area (Å²) in [7, 11) is -1.81. The zero-order valence-corrected chi connectivity index (χ0v) is 13.4. The molecule has 0 unspecified atom stereocenters. The van der Waals surface area contributed by atoms with Crippen LogP contribution in [0.2, 0.25) is 0 Å². The minimum Gasteiger partial charge on any atom is -0.274 e. The van der Waals surface area contributed by atoms with Crippen molar-refractivity contribution < 1.29 is 8.42 Å². The molecule has 0 amide bonds. The molecule has 2 heterocycles. The quantitative estimate of drug-likeness (QED) is 0.855. The number of sulfonamides is 1. The van der Waals surface area contributed by atoms with Gasteiger partial charge in [0.2, 0.25) is 0 Å². The number of fused-ring (bicyclic) bond motifs is 2. The molecule has 4 rings (SSSR count). The highest BCUT2D eigenvalue weighted by Gasteiger charge is 2.48. The summed E-state index contributed by atoms with van der Waals surface area (Å²) in [4.78, 5) is 0.264. The molecule has 0 radical (unpaired) electrons. The van der Waals surface area contributed by atoms with Gasteiger partial charge in [-0.2, -0.15) is 5.10 Å². The van der Waals surface area contributed by atoms with E-state index >= 15 is 0 Å². The van der Waals surface area contributed by atoms with Gasteiger partial charge in [-0.05, 0) is 24.5 Å². The third-order valence-corrected chi connectivity index (χ3v) is 6.73. The van der Waals surface area contributed by atoms with Gasteiger partial charge in [-0.1, -0.05) is 31.0 Å². The van der Waals surface area contributed by atoms with E-state index in [1.807, 2.05) is 18.2 Å². The smallest absolute Gasteiger partial charge is 0.267 e. The maximum Gasteiger partial charge on any atom is 0.267 e. The molecule has 2 aliphatic rings. The SMILES string of the molecule is Cn1cc(S(=O)(=O)N2CC3(CCCC3)c3ccccc32)cn1. The van der Waals surface area contributed by atoms with E-state index in [1.165, 1.54) is 29.3 Å². The Bertz CT molecular complexity index is 819. The van der Waals surface area contributed by atoms with Gasteiger partial charge in [0.1, 0.15) is 4.90 Å². The summed E-state index contributed by atoms with van der Waals surface area (Å²) in [5.74, 6) is 0. The Morgan fingerprint density at radius 2 is 1.91 bits per heavy atom. The Labute approximate surface area is 130 Å². The molecule has 1 saturated carbocycles. The van der Waals surface area contributed by atoms with Crippen molar-refractivity contribution in [1.29, 1.82) is 0 Å². The Kier molecular flexibility index (Phi) is 2.88. The first-order valence-corrected chi connectivity index (χ1v) is 9.08. The lowest BCUT2D eigenvalue weighted by Crippen LogP contribution is -2.35. The number of aromatic nitrogens is 2. The molecule has 0 bridgehead atoms. The largest absolute Gasteiger partial charge is 0.274 e. The molecule has 1 aliphatic heterocycles. The van der Waals surface area contributed by atoms with Crippen molar-refractivity contribution in [3.63, 3.8) is 0 Å². The third-order valence-electron chi connectivity index (χ3n) is 5.02. The van der Waals surface area contributed by atoms with Gasteiger partial charge in [-0.25, -0.2) is 8.42 Å². The van der Waals surface area contributed by atoms with Crippen LogP contribution in [0.25, 0.3) is 0 Å². The van der Waals surface area contributed by atoms with E-state index in [4.69, 9.17) is 0 Å². The molecule has 1 aromatic carbocycles.